The maximum Gasteiger partial charge on any atom is 0.137 e. The van der Waals surface area contributed by atoms with E-state index in [1.54, 1.807) is 0 Å². The lowest BCUT2D eigenvalue weighted by molar-refractivity contribution is 0.393. The molecule has 104 valence electrons. The second-order valence-electron chi connectivity index (χ2n) is 6.06. The Morgan fingerprint density at radius 3 is 2.53 bits per heavy atom. The molecule has 2 rings (SSSR count). The van der Waals surface area contributed by atoms with Crippen LogP contribution in [0, 0.1) is 6.92 Å². The van der Waals surface area contributed by atoms with E-state index in [9.17, 15) is 0 Å². The molecule has 19 heavy (non-hydrogen) atoms. The SMILES string of the molecule is CCc1c(CNC(C)(C)C)oc2c(C)cc(Br)cc12. The van der Waals surface area contributed by atoms with E-state index in [4.69, 9.17) is 4.42 Å². The number of rotatable bonds is 3. The summed E-state index contributed by atoms with van der Waals surface area (Å²) in [4.78, 5) is 0. The molecule has 0 saturated heterocycles. The minimum Gasteiger partial charge on any atom is -0.459 e. The van der Waals surface area contributed by atoms with Gasteiger partial charge in [-0.05, 0) is 51.8 Å². The number of furan rings is 1. The number of hydrogen-bond acceptors (Lipinski definition) is 2. The Hall–Kier alpha value is -0.800. The summed E-state index contributed by atoms with van der Waals surface area (Å²) in [5, 5.41) is 4.74. The highest BCUT2D eigenvalue weighted by Gasteiger charge is 2.17. The predicted molar refractivity (Wildman–Crippen MR) is 84.6 cm³/mol. The van der Waals surface area contributed by atoms with Crippen molar-refractivity contribution < 1.29 is 4.42 Å². The van der Waals surface area contributed by atoms with Crippen LogP contribution < -0.4 is 5.32 Å². The first-order chi connectivity index (χ1) is 8.81. The van der Waals surface area contributed by atoms with Crippen molar-refractivity contribution in [2.45, 2.75) is 53.1 Å². The highest BCUT2D eigenvalue weighted by molar-refractivity contribution is 9.10. The lowest BCUT2D eigenvalue weighted by Gasteiger charge is -2.19. The second kappa shape index (κ2) is 5.29. The summed E-state index contributed by atoms with van der Waals surface area (Å²) in [6.07, 6.45) is 0.990. The van der Waals surface area contributed by atoms with Gasteiger partial charge in [-0.25, -0.2) is 0 Å². The number of hydrogen-bond donors (Lipinski definition) is 1. The zero-order chi connectivity index (χ0) is 14.2. The summed E-state index contributed by atoms with van der Waals surface area (Å²) in [6.45, 7) is 11.6. The largest absolute Gasteiger partial charge is 0.459 e. The topological polar surface area (TPSA) is 25.2 Å². The van der Waals surface area contributed by atoms with E-state index in [1.165, 1.54) is 16.5 Å². The van der Waals surface area contributed by atoms with Crippen LogP contribution in [-0.4, -0.2) is 5.54 Å². The van der Waals surface area contributed by atoms with Crippen LogP contribution in [-0.2, 0) is 13.0 Å². The Kier molecular flexibility index (Phi) is 4.07. The summed E-state index contributed by atoms with van der Waals surface area (Å²) in [5.41, 5.74) is 3.61. The van der Waals surface area contributed by atoms with E-state index in [0.29, 0.717) is 0 Å². The van der Waals surface area contributed by atoms with Gasteiger partial charge in [0.15, 0.2) is 0 Å². The Bertz CT molecular complexity index is 593. The monoisotopic (exact) mass is 323 g/mol. The minimum atomic E-state index is 0.0968. The third-order valence-corrected chi connectivity index (χ3v) is 3.72. The van der Waals surface area contributed by atoms with Gasteiger partial charge in [0.05, 0.1) is 6.54 Å². The molecule has 0 radical (unpaired) electrons. The summed E-state index contributed by atoms with van der Waals surface area (Å²) < 4.78 is 7.20. The molecular weight excluding hydrogens is 302 g/mol. The summed E-state index contributed by atoms with van der Waals surface area (Å²) in [6, 6.07) is 4.26. The van der Waals surface area contributed by atoms with Crippen LogP contribution in [0.3, 0.4) is 0 Å². The molecule has 0 amide bonds. The van der Waals surface area contributed by atoms with Gasteiger partial charge >= 0.3 is 0 Å². The first-order valence-electron chi connectivity index (χ1n) is 6.77. The van der Waals surface area contributed by atoms with Gasteiger partial charge in [0.2, 0.25) is 0 Å². The predicted octanol–water partition coefficient (Wildman–Crippen LogP) is 4.95. The number of nitrogens with one attached hydrogen (secondary N) is 1. The van der Waals surface area contributed by atoms with Gasteiger partial charge in [0.1, 0.15) is 11.3 Å². The Labute approximate surface area is 123 Å². The van der Waals surface area contributed by atoms with Gasteiger partial charge in [-0.3, -0.25) is 0 Å². The van der Waals surface area contributed by atoms with Crippen LogP contribution in [0.25, 0.3) is 11.0 Å². The van der Waals surface area contributed by atoms with Crippen LogP contribution in [0.5, 0.6) is 0 Å². The molecular formula is C16H22BrNO. The van der Waals surface area contributed by atoms with Gasteiger partial charge in [-0.1, -0.05) is 22.9 Å². The first kappa shape index (κ1) is 14.6. The quantitative estimate of drug-likeness (QED) is 0.864. The van der Waals surface area contributed by atoms with Crippen molar-refractivity contribution in [1.82, 2.24) is 5.32 Å². The second-order valence-corrected chi connectivity index (χ2v) is 6.98. The lowest BCUT2D eigenvalue weighted by atomic mass is 10.1. The van der Waals surface area contributed by atoms with Crippen molar-refractivity contribution in [3.05, 3.63) is 33.5 Å². The zero-order valence-corrected chi connectivity index (χ0v) is 13.9. The first-order valence-corrected chi connectivity index (χ1v) is 7.56. The molecule has 1 aromatic carbocycles. The molecule has 1 heterocycles. The summed E-state index contributed by atoms with van der Waals surface area (Å²) >= 11 is 3.57. The molecule has 0 aliphatic rings. The molecule has 1 aromatic heterocycles. The average molecular weight is 324 g/mol. The molecule has 0 fully saturated rings. The molecule has 0 aliphatic heterocycles. The molecule has 0 aliphatic carbocycles. The van der Waals surface area contributed by atoms with Gasteiger partial charge in [0, 0.05) is 21.0 Å². The molecule has 3 heteroatoms. The molecule has 2 nitrogen and oxygen atoms in total. The average Bonchev–Trinajstić information content (AvgIpc) is 2.63. The van der Waals surface area contributed by atoms with E-state index >= 15 is 0 Å². The van der Waals surface area contributed by atoms with Crippen molar-refractivity contribution in [2.24, 2.45) is 0 Å². The molecule has 0 spiro atoms. The van der Waals surface area contributed by atoms with E-state index in [1.807, 2.05) is 0 Å². The minimum absolute atomic E-state index is 0.0968. The van der Waals surface area contributed by atoms with E-state index in [2.05, 4.69) is 68.0 Å². The van der Waals surface area contributed by atoms with E-state index in [-0.39, 0.29) is 5.54 Å². The van der Waals surface area contributed by atoms with Crippen molar-refractivity contribution in [3.8, 4) is 0 Å². The fourth-order valence-corrected chi connectivity index (χ4v) is 2.87. The molecule has 1 N–H and O–H groups in total. The number of fused-ring (bicyclic) bond motifs is 1. The number of aryl methyl sites for hydroxylation is 2. The Balaban J connectivity index is 2.47. The molecule has 0 bridgehead atoms. The van der Waals surface area contributed by atoms with Crippen molar-refractivity contribution >= 4 is 26.9 Å². The van der Waals surface area contributed by atoms with Gasteiger partial charge in [-0.2, -0.15) is 0 Å². The summed E-state index contributed by atoms with van der Waals surface area (Å²) in [5.74, 6) is 1.06. The van der Waals surface area contributed by atoms with E-state index < -0.39 is 0 Å². The van der Waals surface area contributed by atoms with Gasteiger partial charge in [0.25, 0.3) is 0 Å². The smallest absolute Gasteiger partial charge is 0.137 e. The molecule has 0 saturated carbocycles. The van der Waals surface area contributed by atoms with E-state index in [0.717, 1.165) is 28.8 Å². The zero-order valence-electron chi connectivity index (χ0n) is 12.4. The maximum atomic E-state index is 6.09. The van der Waals surface area contributed by atoms with Crippen LogP contribution >= 0.6 is 15.9 Å². The molecule has 0 unspecified atom stereocenters. The number of benzene rings is 1. The third kappa shape index (κ3) is 3.21. The number of halogens is 1. The standard InChI is InChI=1S/C16H22BrNO/c1-6-12-13-8-11(17)7-10(2)15(13)19-14(12)9-18-16(3,4)5/h7-8,18H,6,9H2,1-5H3. The summed E-state index contributed by atoms with van der Waals surface area (Å²) in [7, 11) is 0. The van der Waals surface area contributed by atoms with Gasteiger partial charge < -0.3 is 9.73 Å². The van der Waals surface area contributed by atoms with Crippen molar-refractivity contribution in [2.75, 3.05) is 0 Å². The normalized spacial score (nSPS) is 12.3. The fourth-order valence-electron chi connectivity index (χ4n) is 2.30. The van der Waals surface area contributed by atoms with Crippen LogP contribution in [0.4, 0.5) is 0 Å². The highest BCUT2D eigenvalue weighted by Crippen LogP contribution is 2.32. The Morgan fingerprint density at radius 1 is 1.26 bits per heavy atom. The molecule has 2 aromatic rings. The third-order valence-electron chi connectivity index (χ3n) is 3.26. The van der Waals surface area contributed by atoms with Crippen molar-refractivity contribution in [3.63, 3.8) is 0 Å². The van der Waals surface area contributed by atoms with Crippen LogP contribution in [0.1, 0.15) is 44.6 Å². The fraction of sp³-hybridized carbons (Fsp3) is 0.500. The highest BCUT2D eigenvalue weighted by atomic mass is 79.9. The van der Waals surface area contributed by atoms with Crippen LogP contribution in [0.15, 0.2) is 21.0 Å². The van der Waals surface area contributed by atoms with Gasteiger partial charge in [-0.15, -0.1) is 0 Å². The maximum absolute atomic E-state index is 6.09. The molecule has 0 atom stereocenters. The Morgan fingerprint density at radius 2 is 1.95 bits per heavy atom. The van der Waals surface area contributed by atoms with Crippen molar-refractivity contribution in [1.29, 1.82) is 0 Å². The lowest BCUT2D eigenvalue weighted by Crippen LogP contribution is -2.35. The van der Waals surface area contributed by atoms with Crippen LogP contribution in [0.2, 0.25) is 0 Å².